The van der Waals surface area contributed by atoms with Crippen molar-refractivity contribution in [1.82, 2.24) is 0 Å². The van der Waals surface area contributed by atoms with Gasteiger partial charge < -0.3 is 9.47 Å². The van der Waals surface area contributed by atoms with E-state index in [4.69, 9.17) is 9.47 Å². The van der Waals surface area contributed by atoms with Crippen LogP contribution in [0.2, 0.25) is 0 Å². The van der Waals surface area contributed by atoms with E-state index in [2.05, 4.69) is 0 Å². The zero-order valence-corrected chi connectivity index (χ0v) is 8.70. The molecule has 14 heavy (non-hydrogen) atoms. The van der Waals surface area contributed by atoms with Crippen LogP contribution in [0, 0.1) is 11.8 Å². The molecule has 80 valence electrons. The fourth-order valence-electron chi connectivity index (χ4n) is 2.69. The van der Waals surface area contributed by atoms with E-state index in [-0.39, 0.29) is 11.9 Å². The molecule has 0 radical (unpaired) electrons. The number of hydrogen-bond donors (Lipinski definition) is 0. The zero-order chi connectivity index (χ0) is 9.97. The van der Waals surface area contributed by atoms with E-state index in [9.17, 15) is 4.79 Å². The average molecular weight is 198 g/mol. The Morgan fingerprint density at radius 3 is 3.00 bits per heavy atom. The summed E-state index contributed by atoms with van der Waals surface area (Å²) in [6.45, 7) is 0.870. The molecule has 2 aliphatic rings. The molecule has 0 aromatic heterocycles. The van der Waals surface area contributed by atoms with Crippen molar-refractivity contribution in [3.05, 3.63) is 0 Å². The van der Waals surface area contributed by atoms with E-state index in [1.54, 1.807) is 0 Å². The summed E-state index contributed by atoms with van der Waals surface area (Å²) in [7, 11) is 1.47. The summed E-state index contributed by atoms with van der Waals surface area (Å²) in [5, 5.41) is 0. The van der Waals surface area contributed by atoms with Crippen molar-refractivity contribution >= 4 is 5.97 Å². The molecule has 0 N–H and O–H groups in total. The van der Waals surface area contributed by atoms with Gasteiger partial charge in [-0.15, -0.1) is 0 Å². The molecule has 0 aromatic rings. The largest absolute Gasteiger partial charge is 0.469 e. The van der Waals surface area contributed by atoms with Gasteiger partial charge in [-0.3, -0.25) is 4.79 Å². The highest BCUT2D eigenvalue weighted by molar-refractivity contribution is 5.72. The van der Waals surface area contributed by atoms with Crippen molar-refractivity contribution in [1.29, 1.82) is 0 Å². The Bertz CT molecular complexity index is 215. The smallest absolute Gasteiger partial charge is 0.308 e. The summed E-state index contributed by atoms with van der Waals surface area (Å²) in [5.41, 5.74) is 0. The number of carbonyl (C=O) groups excluding carboxylic acids is 1. The average Bonchev–Trinajstić information content (AvgIpc) is 2.27. The van der Waals surface area contributed by atoms with E-state index in [1.165, 1.54) is 20.0 Å². The monoisotopic (exact) mass is 198 g/mol. The molecule has 2 rings (SSSR count). The van der Waals surface area contributed by atoms with Crippen LogP contribution in [-0.4, -0.2) is 25.8 Å². The molecule has 1 aliphatic heterocycles. The van der Waals surface area contributed by atoms with Crippen molar-refractivity contribution in [2.75, 3.05) is 13.7 Å². The molecule has 1 heterocycles. The molecule has 1 aliphatic carbocycles. The summed E-state index contributed by atoms with van der Waals surface area (Å²) < 4.78 is 10.5. The molecule has 0 aromatic carbocycles. The lowest BCUT2D eigenvalue weighted by Gasteiger charge is -2.38. The Morgan fingerprint density at radius 2 is 2.21 bits per heavy atom. The Morgan fingerprint density at radius 1 is 1.36 bits per heavy atom. The van der Waals surface area contributed by atoms with Gasteiger partial charge in [0.1, 0.15) is 0 Å². The topological polar surface area (TPSA) is 35.5 Å². The molecule has 0 amide bonds. The molecule has 3 atom stereocenters. The number of rotatable bonds is 1. The second kappa shape index (κ2) is 4.30. The quantitative estimate of drug-likeness (QED) is 0.602. The number of carbonyl (C=O) groups is 1. The minimum Gasteiger partial charge on any atom is -0.469 e. The SMILES string of the molecule is COC(=O)[C@H]1CC[C@@H]2CCCO[C@H]2C1. The fraction of sp³-hybridized carbons (Fsp3) is 0.909. The first-order valence-corrected chi connectivity index (χ1v) is 5.50. The van der Waals surface area contributed by atoms with Crippen LogP contribution in [0.5, 0.6) is 0 Å². The maximum atomic E-state index is 11.4. The highest BCUT2D eigenvalue weighted by atomic mass is 16.5. The van der Waals surface area contributed by atoms with Crippen molar-refractivity contribution < 1.29 is 14.3 Å². The normalized spacial score (nSPS) is 37.4. The fourth-order valence-corrected chi connectivity index (χ4v) is 2.69. The number of hydrogen-bond acceptors (Lipinski definition) is 3. The Hall–Kier alpha value is -0.570. The van der Waals surface area contributed by atoms with Crippen LogP contribution in [0.4, 0.5) is 0 Å². The van der Waals surface area contributed by atoms with Gasteiger partial charge >= 0.3 is 5.97 Å². The van der Waals surface area contributed by atoms with Gasteiger partial charge in [0.15, 0.2) is 0 Å². The lowest BCUT2D eigenvalue weighted by atomic mass is 9.77. The third kappa shape index (κ3) is 1.92. The van der Waals surface area contributed by atoms with Gasteiger partial charge in [0, 0.05) is 6.61 Å². The lowest BCUT2D eigenvalue weighted by molar-refractivity contribution is -0.151. The van der Waals surface area contributed by atoms with Crippen LogP contribution in [-0.2, 0) is 14.3 Å². The van der Waals surface area contributed by atoms with Gasteiger partial charge in [-0.2, -0.15) is 0 Å². The van der Waals surface area contributed by atoms with Crippen molar-refractivity contribution in [2.45, 2.75) is 38.2 Å². The molecular formula is C11H18O3. The highest BCUT2D eigenvalue weighted by Gasteiger charge is 2.36. The maximum absolute atomic E-state index is 11.4. The second-order valence-corrected chi connectivity index (χ2v) is 4.34. The summed E-state index contributed by atoms with van der Waals surface area (Å²) in [4.78, 5) is 11.4. The van der Waals surface area contributed by atoms with E-state index < -0.39 is 0 Å². The number of methoxy groups -OCH3 is 1. The lowest BCUT2D eigenvalue weighted by Crippen LogP contribution is -2.38. The third-order valence-corrected chi connectivity index (χ3v) is 3.51. The van der Waals surface area contributed by atoms with Crippen molar-refractivity contribution in [3.8, 4) is 0 Å². The minimum absolute atomic E-state index is 0.0578. The van der Waals surface area contributed by atoms with Crippen LogP contribution in [0.1, 0.15) is 32.1 Å². The number of fused-ring (bicyclic) bond motifs is 1. The van der Waals surface area contributed by atoms with Gasteiger partial charge in [-0.25, -0.2) is 0 Å². The second-order valence-electron chi connectivity index (χ2n) is 4.34. The zero-order valence-electron chi connectivity index (χ0n) is 8.70. The van der Waals surface area contributed by atoms with Gasteiger partial charge in [0.25, 0.3) is 0 Å². The Balaban J connectivity index is 1.92. The highest BCUT2D eigenvalue weighted by Crippen LogP contribution is 2.36. The standard InChI is InChI=1S/C11H18O3/c1-13-11(12)9-5-4-8-3-2-6-14-10(8)7-9/h8-10H,2-7H2,1H3/t8-,9-,10-/m0/s1. The predicted molar refractivity (Wildman–Crippen MR) is 51.8 cm³/mol. The van der Waals surface area contributed by atoms with Crippen LogP contribution < -0.4 is 0 Å². The number of ether oxygens (including phenoxy) is 2. The van der Waals surface area contributed by atoms with E-state index in [0.29, 0.717) is 12.0 Å². The summed E-state index contributed by atoms with van der Waals surface area (Å²) in [5.74, 6) is 0.724. The Labute approximate surface area is 84.8 Å². The third-order valence-electron chi connectivity index (χ3n) is 3.51. The summed E-state index contributed by atoms with van der Waals surface area (Å²) in [6, 6.07) is 0. The van der Waals surface area contributed by atoms with E-state index in [1.807, 2.05) is 0 Å². The van der Waals surface area contributed by atoms with Crippen LogP contribution in [0.25, 0.3) is 0 Å². The summed E-state index contributed by atoms with van der Waals surface area (Å²) >= 11 is 0. The molecule has 1 saturated heterocycles. The first-order valence-electron chi connectivity index (χ1n) is 5.50. The van der Waals surface area contributed by atoms with Crippen molar-refractivity contribution in [3.63, 3.8) is 0 Å². The van der Waals surface area contributed by atoms with E-state index in [0.717, 1.165) is 25.9 Å². The molecule has 0 unspecified atom stereocenters. The number of esters is 1. The van der Waals surface area contributed by atoms with Gasteiger partial charge in [0.2, 0.25) is 0 Å². The predicted octanol–water partition coefficient (Wildman–Crippen LogP) is 1.75. The molecule has 3 heteroatoms. The van der Waals surface area contributed by atoms with Crippen LogP contribution in [0.15, 0.2) is 0 Å². The first kappa shape index (κ1) is 9.97. The molecule has 3 nitrogen and oxygen atoms in total. The van der Waals surface area contributed by atoms with Gasteiger partial charge in [-0.1, -0.05) is 0 Å². The molecule has 0 bridgehead atoms. The minimum atomic E-state index is -0.0578. The molecule has 0 spiro atoms. The maximum Gasteiger partial charge on any atom is 0.308 e. The van der Waals surface area contributed by atoms with E-state index >= 15 is 0 Å². The molecule has 2 fully saturated rings. The van der Waals surface area contributed by atoms with Crippen molar-refractivity contribution in [2.24, 2.45) is 11.8 Å². The first-order chi connectivity index (χ1) is 6.81. The molecule has 1 saturated carbocycles. The summed E-state index contributed by atoms with van der Waals surface area (Å²) in [6.07, 6.45) is 5.77. The Kier molecular flexibility index (Phi) is 3.06. The van der Waals surface area contributed by atoms with Crippen LogP contribution in [0.3, 0.4) is 0 Å². The van der Waals surface area contributed by atoms with Gasteiger partial charge in [0.05, 0.1) is 19.1 Å². The van der Waals surface area contributed by atoms with Gasteiger partial charge in [-0.05, 0) is 38.0 Å². The molecular weight excluding hydrogens is 180 g/mol. The van der Waals surface area contributed by atoms with Crippen LogP contribution >= 0.6 is 0 Å².